The van der Waals surface area contributed by atoms with Crippen LogP contribution in [0.4, 0.5) is 0 Å². The molecule has 3 nitrogen and oxygen atoms in total. The van der Waals surface area contributed by atoms with Crippen molar-refractivity contribution >= 4 is 25.3 Å². The van der Waals surface area contributed by atoms with Crippen molar-refractivity contribution in [3.8, 4) is 0 Å². The first-order chi connectivity index (χ1) is 6.27. The van der Waals surface area contributed by atoms with Gasteiger partial charge in [-0.05, 0) is 12.1 Å². The molecule has 0 amide bonds. The smallest absolute Gasteiger partial charge is 0.354 e. The van der Waals surface area contributed by atoms with E-state index < -0.39 is 5.97 Å². The summed E-state index contributed by atoms with van der Waals surface area (Å²) < 4.78 is 0. The Morgan fingerprint density at radius 1 is 1.14 bits per heavy atom. The molecular formula is C10H7BNO2. The second-order valence-electron chi connectivity index (χ2n) is 2.69. The second-order valence-corrected chi connectivity index (χ2v) is 2.69. The number of hydrogen-bond acceptors (Lipinski definition) is 2. The third-order valence-corrected chi connectivity index (χ3v) is 1.82. The Morgan fingerprint density at radius 3 is 2.57 bits per heavy atom. The van der Waals surface area contributed by atoms with Gasteiger partial charge in [-0.2, -0.15) is 0 Å². The van der Waals surface area contributed by atoms with Gasteiger partial charge >= 0.3 is 5.97 Å². The van der Waals surface area contributed by atoms with E-state index in [1.807, 2.05) is 18.2 Å². The Labute approximate surface area is 83.0 Å². The van der Waals surface area contributed by atoms with Crippen LogP contribution in [0.25, 0.3) is 10.9 Å². The fourth-order valence-corrected chi connectivity index (χ4v) is 1.19. The van der Waals surface area contributed by atoms with Gasteiger partial charge in [0.25, 0.3) is 0 Å². The molecule has 2 rings (SSSR count). The molecule has 0 unspecified atom stereocenters. The van der Waals surface area contributed by atoms with Crippen LogP contribution in [-0.2, 0) is 0 Å². The van der Waals surface area contributed by atoms with Gasteiger partial charge in [-0.25, -0.2) is 9.78 Å². The van der Waals surface area contributed by atoms with E-state index in [4.69, 9.17) is 5.11 Å². The molecule has 1 aromatic heterocycles. The molecule has 2 aromatic rings. The molecule has 0 bridgehead atoms. The number of nitrogens with zero attached hydrogens (tertiary/aromatic N) is 1. The molecule has 0 atom stereocenters. The fraction of sp³-hybridized carbons (Fsp3) is 0. The molecule has 0 saturated heterocycles. The Kier molecular flexibility index (Phi) is 2.87. The maximum atomic E-state index is 10.6. The van der Waals surface area contributed by atoms with E-state index in [0.29, 0.717) is 5.52 Å². The largest absolute Gasteiger partial charge is 0.477 e. The first-order valence-corrected chi connectivity index (χ1v) is 3.86. The molecule has 0 saturated carbocycles. The van der Waals surface area contributed by atoms with Gasteiger partial charge < -0.3 is 5.11 Å². The van der Waals surface area contributed by atoms with E-state index in [1.54, 1.807) is 12.1 Å². The maximum absolute atomic E-state index is 10.6. The summed E-state index contributed by atoms with van der Waals surface area (Å²) in [5.74, 6) is -0.995. The van der Waals surface area contributed by atoms with Crippen LogP contribution in [0.1, 0.15) is 10.5 Å². The lowest BCUT2D eigenvalue weighted by Gasteiger charge is -1.97. The van der Waals surface area contributed by atoms with Crippen molar-refractivity contribution in [3.05, 3.63) is 42.1 Å². The molecule has 0 spiro atoms. The second kappa shape index (κ2) is 3.92. The van der Waals surface area contributed by atoms with Gasteiger partial charge in [0.2, 0.25) is 0 Å². The molecule has 0 aliphatic heterocycles. The van der Waals surface area contributed by atoms with Gasteiger partial charge in [0.05, 0.1) is 5.52 Å². The first-order valence-electron chi connectivity index (χ1n) is 3.86. The number of rotatable bonds is 1. The summed E-state index contributed by atoms with van der Waals surface area (Å²) in [4.78, 5) is 14.6. The summed E-state index contributed by atoms with van der Waals surface area (Å²) in [6.45, 7) is 0. The molecule has 1 N–H and O–H groups in total. The van der Waals surface area contributed by atoms with E-state index in [0.717, 1.165) is 5.39 Å². The molecule has 4 heteroatoms. The highest BCUT2D eigenvalue weighted by molar-refractivity contribution is 5.89. The number of benzene rings is 1. The third kappa shape index (κ3) is 1.74. The van der Waals surface area contributed by atoms with Crippen molar-refractivity contribution in [2.45, 2.75) is 0 Å². The van der Waals surface area contributed by atoms with Crippen molar-refractivity contribution in [2.24, 2.45) is 0 Å². The van der Waals surface area contributed by atoms with Gasteiger partial charge in [0.15, 0.2) is 0 Å². The summed E-state index contributed by atoms with van der Waals surface area (Å²) in [7, 11) is 0. The zero-order valence-electron chi connectivity index (χ0n) is 7.34. The molecule has 14 heavy (non-hydrogen) atoms. The third-order valence-electron chi connectivity index (χ3n) is 1.82. The standard InChI is InChI=1S/C10H7NO2.B/c12-10(13)9-6-5-7-3-1-2-4-8(7)11-9;/h1-6H,(H,12,13);. The first kappa shape index (κ1) is 10.2. The average Bonchev–Trinajstić information content (AvgIpc) is 2.17. The highest BCUT2D eigenvalue weighted by Gasteiger charge is 2.03. The van der Waals surface area contributed by atoms with Crippen LogP contribution >= 0.6 is 0 Å². The van der Waals surface area contributed by atoms with Crippen LogP contribution in [0.2, 0.25) is 0 Å². The lowest BCUT2D eigenvalue weighted by atomic mass is 10.2. The average molecular weight is 184 g/mol. The maximum Gasteiger partial charge on any atom is 0.354 e. The van der Waals surface area contributed by atoms with Gasteiger partial charge in [0, 0.05) is 13.8 Å². The van der Waals surface area contributed by atoms with Crippen LogP contribution in [0.5, 0.6) is 0 Å². The van der Waals surface area contributed by atoms with Crippen LogP contribution < -0.4 is 0 Å². The Bertz CT molecular complexity index is 470. The monoisotopic (exact) mass is 184 g/mol. The molecule has 3 radical (unpaired) electrons. The number of hydrogen-bond donors (Lipinski definition) is 1. The lowest BCUT2D eigenvalue weighted by Crippen LogP contribution is -1.99. The number of para-hydroxylation sites is 1. The van der Waals surface area contributed by atoms with Crippen LogP contribution in [0.3, 0.4) is 0 Å². The van der Waals surface area contributed by atoms with Gasteiger partial charge in [-0.1, -0.05) is 24.3 Å². The lowest BCUT2D eigenvalue weighted by molar-refractivity contribution is 0.0691. The quantitative estimate of drug-likeness (QED) is 0.684. The predicted molar refractivity (Wildman–Crippen MR) is 54.5 cm³/mol. The number of fused-ring (bicyclic) bond motifs is 1. The van der Waals surface area contributed by atoms with Crippen LogP contribution in [0.15, 0.2) is 36.4 Å². The minimum Gasteiger partial charge on any atom is -0.477 e. The SMILES string of the molecule is O=C(O)c1ccc2ccccc2n1.[B]. The number of aromatic nitrogens is 1. The fourth-order valence-electron chi connectivity index (χ4n) is 1.19. The molecular weight excluding hydrogens is 177 g/mol. The number of aromatic carboxylic acids is 1. The van der Waals surface area contributed by atoms with Crippen molar-refractivity contribution in [1.29, 1.82) is 0 Å². The summed E-state index contributed by atoms with van der Waals surface area (Å²) in [5, 5.41) is 9.63. The molecule has 1 heterocycles. The number of carboxylic acids is 1. The Hall–Kier alpha value is -1.84. The predicted octanol–water partition coefficient (Wildman–Crippen LogP) is 1.55. The summed E-state index contributed by atoms with van der Waals surface area (Å²) in [6.07, 6.45) is 0. The minimum atomic E-state index is -0.995. The van der Waals surface area contributed by atoms with Crippen LogP contribution in [0, 0.1) is 0 Å². The highest BCUT2D eigenvalue weighted by atomic mass is 16.4. The van der Waals surface area contributed by atoms with Crippen molar-refractivity contribution in [2.75, 3.05) is 0 Å². The normalized spacial score (nSPS) is 9.43. The van der Waals surface area contributed by atoms with Gasteiger partial charge in [-0.15, -0.1) is 0 Å². The zero-order valence-corrected chi connectivity index (χ0v) is 7.34. The number of pyridine rings is 1. The molecule has 1 aromatic carbocycles. The van der Waals surface area contributed by atoms with E-state index in [-0.39, 0.29) is 14.1 Å². The Morgan fingerprint density at radius 2 is 1.86 bits per heavy atom. The van der Waals surface area contributed by atoms with Gasteiger partial charge in [0.1, 0.15) is 5.69 Å². The summed E-state index contributed by atoms with van der Waals surface area (Å²) >= 11 is 0. The number of carboxylic acid groups (broad SMARTS) is 1. The van der Waals surface area contributed by atoms with E-state index >= 15 is 0 Å². The van der Waals surface area contributed by atoms with Crippen molar-refractivity contribution < 1.29 is 9.90 Å². The van der Waals surface area contributed by atoms with Gasteiger partial charge in [-0.3, -0.25) is 0 Å². The van der Waals surface area contributed by atoms with E-state index in [1.165, 1.54) is 6.07 Å². The zero-order chi connectivity index (χ0) is 9.26. The summed E-state index contributed by atoms with van der Waals surface area (Å²) in [6, 6.07) is 10.7. The topological polar surface area (TPSA) is 50.2 Å². The Balaban J connectivity index is 0.000000980. The van der Waals surface area contributed by atoms with Crippen molar-refractivity contribution in [1.82, 2.24) is 4.98 Å². The molecule has 0 fully saturated rings. The van der Waals surface area contributed by atoms with E-state index in [9.17, 15) is 4.79 Å². The van der Waals surface area contributed by atoms with E-state index in [2.05, 4.69) is 4.98 Å². The number of carbonyl (C=O) groups is 1. The van der Waals surface area contributed by atoms with Crippen molar-refractivity contribution in [3.63, 3.8) is 0 Å². The molecule has 0 aliphatic carbocycles. The molecule has 0 aliphatic rings. The minimum absolute atomic E-state index is 0. The molecule has 67 valence electrons. The highest BCUT2D eigenvalue weighted by Crippen LogP contribution is 2.11. The van der Waals surface area contributed by atoms with Crippen LogP contribution in [-0.4, -0.2) is 24.5 Å². The summed E-state index contributed by atoms with van der Waals surface area (Å²) in [5.41, 5.74) is 0.793.